The van der Waals surface area contributed by atoms with Crippen molar-refractivity contribution in [3.63, 3.8) is 0 Å². The molecule has 8 saturated heterocycles. The van der Waals surface area contributed by atoms with E-state index in [1.807, 2.05) is 70.2 Å². The molecule has 12 aliphatic heterocycles. The van der Waals surface area contributed by atoms with Gasteiger partial charge in [-0.05, 0) is 57.3 Å². The predicted molar refractivity (Wildman–Crippen MR) is 278 cm³/mol. The van der Waals surface area contributed by atoms with E-state index in [1.54, 1.807) is 6.08 Å². The highest BCUT2D eigenvalue weighted by Gasteiger charge is 2.61. The molecule has 0 radical (unpaired) electrons. The smallest absolute Gasteiger partial charge is 0.169 e. The SMILES string of the molecule is C=CC=CC1C=CCC2OC3CC4OC5C=CC6OC7CC(O)C8(C)OC9CC(C)CC%10OC%11C(CC%10OC9CC8OC7CC=CCC6OC5C=CC4OC3C(O)C2O1)OC1C(C)C(C)C(O)(CCCO)OC1C(O)C%11C. The number of aliphatic hydroxyl groups excluding tert-OH is 4. The van der Waals surface area contributed by atoms with Crippen LogP contribution >= 0.6 is 0 Å². The molecule has 0 spiro atoms. The Kier molecular flexibility index (Phi) is 16.2. The van der Waals surface area contributed by atoms with Gasteiger partial charge < -0.3 is 82.4 Å². The van der Waals surface area contributed by atoms with Crippen LogP contribution in [0.5, 0.6) is 0 Å². The second kappa shape index (κ2) is 22.5. The van der Waals surface area contributed by atoms with Gasteiger partial charge in [-0.2, -0.15) is 0 Å². The fourth-order valence-electron chi connectivity index (χ4n) is 15.3. The van der Waals surface area contributed by atoms with Gasteiger partial charge in [-0.15, -0.1) is 0 Å². The number of allylic oxidation sites excluding steroid dienone is 2. The lowest BCUT2D eigenvalue weighted by Gasteiger charge is -2.53. The maximum atomic E-state index is 12.4. The number of ether oxygens (including phenoxy) is 12. The van der Waals surface area contributed by atoms with Crippen molar-refractivity contribution in [1.82, 2.24) is 0 Å². The van der Waals surface area contributed by atoms with Crippen LogP contribution in [-0.4, -0.2) is 196 Å². The third-order valence-electron chi connectivity index (χ3n) is 20.0. The average molecular weight is 1080 g/mol. The summed E-state index contributed by atoms with van der Waals surface area (Å²) < 4.78 is 82.5. The van der Waals surface area contributed by atoms with E-state index in [1.165, 1.54) is 0 Å². The highest BCUT2D eigenvalue weighted by atomic mass is 16.7. The van der Waals surface area contributed by atoms with Crippen molar-refractivity contribution in [1.29, 1.82) is 0 Å². The Morgan fingerprint density at radius 3 is 1.91 bits per heavy atom. The first-order valence-corrected chi connectivity index (χ1v) is 29.4. The number of hydrogen-bond acceptors (Lipinski definition) is 17. The van der Waals surface area contributed by atoms with Gasteiger partial charge >= 0.3 is 0 Å². The largest absolute Gasteiger partial charge is 0.396 e. The van der Waals surface area contributed by atoms with Crippen LogP contribution in [0.25, 0.3) is 0 Å². The molecule has 17 heteroatoms. The van der Waals surface area contributed by atoms with E-state index in [9.17, 15) is 25.5 Å². The molecule has 77 heavy (non-hydrogen) atoms. The Morgan fingerprint density at radius 2 is 1.13 bits per heavy atom. The van der Waals surface area contributed by atoms with Gasteiger partial charge in [0.1, 0.15) is 54.4 Å². The van der Waals surface area contributed by atoms with Crippen LogP contribution in [0, 0.1) is 23.7 Å². The molecule has 12 aliphatic rings. The molecule has 428 valence electrons. The molecule has 0 aliphatic carbocycles. The first-order chi connectivity index (χ1) is 37.1. The molecule has 0 aromatic rings. The van der Waals surface area contributed by atoms with Crippen LogP contribution in [0.3, 0.4) is 0 Å². The molecule has 12 heterocycles. The second-order valence-corrected chi connectivity index (χ2v) is 25.0. The molecule has 0 bridgehead atoms. The van der Waals surface area contributed by atoms with Crippen LogP contribution in [0.2, 0.25) is 0 Å². The molecule has 0 saturated carbocycles. The minimum Gasteiger partial charge on any atom is -0.396 e. The topological polar surface area (TPSA) is 212 Å². The first kappa shape index (κ1) is 55.3. The lowest BCUT2D eigenvalue weighted by atomic mass is 9.75. The summed E-state index contributed by atoms with van der Waals surface area (Å²) in [5.41, 5.74) is -1.04. The average Bonchev–Trinajstić information content (AvgIpc) is 3.92. The molecule has 8 fully saturated rings. The van der Waals surface area contributed by atoms with Crippen molar-refractivity contribution in [2.45, 2.75) is 269 Å². The molecule has 17 nitrogen and oxygen atoms in total. The van der Waals surface area contributed by atoms with Gasteiger partial charge in [0.15, 0.2) is 5.79 Å². The summed E-state index contributed by atoms with van der Waals surface area (Å²) in [6.45, 7) is 13.9. The standard InChI is InChI=1S/C60H86O17/c1-7-8-13-34-14-11-17-41-56(66-34)53(64)57-49(70-41)26-43-40(73-57)21-20-38-39(68-43)19-18-37-35(67-38)15-9-10-16-36-45(69-37)28-50(62)59(6)51(72-36)29-46-47(76-59)25-30(2)24-42-44(71-46)27-48-54(74-42)32(4)52(63)58-55(75-48)31(3)33(5)60(65,77-58)22-12-23-61/h7-11,13-14,18-21,30-58,61-65H,1,12,15-17,22-29H2,2-6H3. The Balaban J connectivity index is 0.721. The number of fused-ring (bicyclic) bond motifs is 11. The summed E-state index contributed by atoms with van der Waals surface area (Å²) in [6, 6.07) is 0. The molecule has 0 amide bonds. The fraction of sp³-hybridized carbons (Fsp3) is 0.800. The molecule has 0 aromatic carbocycles. The van der Waals surface area contributed by atoms with E-state index < -0.39 is 109 Å². The van der Waals surface area contributed by atoms with Crippen LogP contribution in [0.15, 0.2) is 73.4 Å². The zero-order valence-electron chi connectivity index (χ0n) is 45.4. The van der Waals surface area contributed by atoms with Gasteiger partial charge in [-0.3, -0.25) is 0 Å². The molecule has 31 atom stereocenters. The Labute approximate surface area is 453 Å². The Morgan fingerprint density at radius 1 is 0.519 bits per heavy atom. The maximum Gasteiger partial charge on any atom is 0.169 e. The number of hydrogen-bond donors (Lipinski definition) is 5. The van der Waals surface area contributed by atoms with Gasteiger partial charge in [-0.25, -0.2) is 0 Å². The van der Waals surface area contributed by atoms with Crippen molar-refractivity contribution < 1.29 is 82.4 Å². The van der Waals surface area contributed by atoms with E-state index in [4.69, 9.17) is 56.8 Å². The first-order valence-electron chi connectivity index (χ1n) is 29.4. The molecule has 5 N–H and O–H groups in total. The van der Waals surface area contributed by atoms with Crippen molar-refractivity contribution in [3.8, 4) is 0 Å². The fourth-order valence-corrected chi connectivity index (χ4v) is 15.3. The highest BCUT2D eigenvalue weighted by molar-refractivity contribution is 5.18. The van der Waals surface area contributed by atoms with Crippen molar-refractivity contribution in [2.75, 3.05) is 6.61 Å². The molecule has 12 rings (SSSR count). The lowest BCUT2D eigenvalue weighted by molar-refractivity contribution is -0.341. The zero-order valence-corrected chi connectivity index (χ0v) is 45.4. The normalized spacial score (nSPS) is 55.3. The molecular formula is C60H86O17. The monoisotopic (exact) mass is 1080 g/mol. The Hall–Kier alpha value is -2.24. The van der Waals surface area contributed by atoms with Gasteiger partial charge in [0.05, 0.1) is 104 Å². The van der Waals surface area contributed by atoms with Gasteiger partial charge in [-0.1, -0.05) is 101 Å². The summed E-state index contributed by atoms with van der Waals surface area (Å²) in [4.78, 5) is 0. The third-order valence-corrected chi connectivity index (χ3v) is 20.0. The summed E-state index contributed by atoms with van der Waals surface area (Å²) in [5, 5.41) is 57.4. The van der Waals surface area contributed by atoms with Crippen LogP contribution in [-0.2, 0) is 56.8 Å². The lowest BCUT2D eigenvalue weighted by Crippen LogP contribution is -2.63. The summed E-state index contributed by atoms with van der Waals surface area (Å²) in [7, 11) is 0. The maximum absolute atomic E-state index is 12.4. The van der Waals surface area contributed by atoms with E-state index in [-0.39, 0.29) is 91.6 Å². The quantitative estimate of drug-likeness (QED) is 0.185. The highest BCUT2D eigenvalue weighted by Crippen LogP contribution is 2.50. The molecule has 31 unspecified atom stereocenters. The minimum atomic E-state index is -1.50. The summed E-state index contributed by atoms with van der Waals surface area (Å²) >= 11 is 0. The number of aliphatic hydroxyl groups is 5. The van der Waals surface area contributed by atoms with Gasteiger partial charge in [0, 0.05) is 50.5 Å². The van der Waals surface area contributed by atoms with Crippen molar-refractivity contribution in [2.24, 2.45) is 23.7 Å². The van der Waals surface area contributed by atoms with Crippen LogP contribution in [0.4, 0.5) is 0 Å². The van der Waals surface area contributed by atoms with E-state index in [0.29, 0.717) is 57.8 Å². The van der Waals surface area contributed by atoms with E-state index in [0.717, 1.165) is 6.42 Å². The van der Waals surface area contributed by atoms with E-state index in [2.05, 4.69) is 31.7 Å². The molecule has 0 aromatic heterocycles. The van der Waals surface area contributed by atoms with Gasteiger partial charge in [0.2, 0.25) is 0 Å². The minimum absolute atomic E-state index is 0.0639. The Bertz CT molecular complexity index is 2220. The summed E-state index contributed by atoms with van der Waals surface area (Å²) in [6.07, 6.45) is 15.6. The summed E-state index contributed by atoms with van der Waals surface area (Å²) in [5.74, 6) is -2.11. The van der Waals surface area contributed by atoms with Crippen LogP contribution < -0.4 is 0 Å². The second-order valence-electron chi connectivity index (χ2n) is 25.0. The van der Waals surface area contributed by atoms with Crippen LogP contribution in [0.1, 0.15) is 105 Å². The zero-order chi connectivity index (χ0) is 53.5. The number of rotatable bonds is 5. The predicted octanol–water partition coefficient (Wildman–Crippen LogP) is 4.78. The van der Waals surface area contributed by atoms with Crippen molar-refractivity contribution >= 4 is 0 Å². The van der Waals surface area contributed by atoms with Gasteiger partial charge in [0.25, 0.3) is 0 Å². The molecular weight excluding hydrogens is 993 g/mol. The van der Waals surface area contributed by atoms with E-state index >= 15 is 0 Å². The third kappa shape index (κ3) is 10.5. The van der Waals surface area contributed by atoms with Crippen molar-refractivity contribution in [3.05, 3.63) is 73.4 Å².